The first-order chi connectivity index (χ1) is 17.2. The van der Waals surface area contributed by atoms with Crippen LogP contribution >= 0.6 is 19.5 Å². The summed E-state index contributed by atoms with van der Waals surface area (Å²) in [5.41, 5.74) is 6.13. The van der Waals surface area contributed by atoms with Crippen LogP contribution in [0.25, 0.3) is 22.3 Å². The molecule has 4 rings (SSSR count). The number of pyridine rings is 1. The van der Waals surface area contributed by atoms with E-state index in [2.05, 4.69) is 114 Å². The smallest absolute Gasteiger partial charge is 0.290 e. The molecule has 2 aromatic carbocycles. The van der Waals surface area contributed by atoms with Gasteiger partial charge in [0.1, 0.15) is 5.65 Å². The monoisotopic (exact) mass is 525 g/mol. The number of benzene rings is 2. The third-order valence-electron chi connectivity index (χ3n) is 5.76. The number of nitrogens with one attached hydrogen (secondary N) is 2. The van der Waals surface area contributed by atoms with Crippen molar-refractivity contribution in [2.75, 3.05) is 57.8 Å². The predicted octanol–water partition coefficient (Wildman–Crippen LogP) is 5.69. The maximum atomic E-state index is 8.36. The molecule has 0 aliphatic rings. The van der Waals surface area contributed by atoms with Crippen molar-refractivity contribution < 1.29 is 9.90 Å². The average molecular weight is 526 g/mol. The molecule has 0 aliphatic carbocycles. The highest BCUT2D eigenvalue weighted by atomic mass is 35.5. The second kappa shape index (κ2) is 12.7. The Morgan fingerprint density at radius 1 is 1.08 bits per heavy atom. The van der Waals surface area contributed by atoms with Gasteiger partial charge in [-0.2, -0.15) is 0 Å². The zero-order valence-electron chi connectivity index (χ0n) is 21.3. The Balaban J connectivity index is 0.00000115. The Morgan fingerprint density at radius 2 is 1.75 bits per heavy atom. The molecule has 0 saturated heterocycles. The van der Waals surface area contributed by atoms with Crippen LogP contribution in [0.5, 0.6) is 0 Å². The van der Waals surface area contributed by atoms with E-state index < -0.39 is 0 Å². The van der Waals surface area contributed by atoms with Gasteiger partial charge in [0.2, 0.25) is 0 Å². The molecule has 0 saturated carbocycles. The summed E-state index contributed by atoms with van der Waals surface area (Å²) < 4.78 is 0. The lowest BCUT2D eigenvalue weighted by molar-refractivity contribution is -0.122. The summed E-state index contributed by atoms with van der Waals surface area (Å²) in [5.74, 6) is 0. The molecule has 2 aromatic heterocycles. The largest absolute Gasteiger partial charge is 0.483 e. The van der Waals surface area contributed by atoms with Crippen LogP contribution in [0.15, 0.2) is 60.8 Å². The van der Waals surface area contributed by atoms with Crippen molar-refractivity contribution >= 4 is 59.4 Å². The minimum absolute atomic E-state index is 0.247. The van der Waals surface area contributed by atoms with Crippen LogP contribution in [0.3, 0.4) is 0 Å². The van der Waals surface area contributed by atoms with Crippen LogP contribution < -0.4 is 15.5 Å². The number of carboxylic acid groups (broad SMARTS) is 1. The van der Waals surface area contributed by atoms with Gasteiger partial charge in [0.25, 0.3) is 6.47 Å². The number of H-pyrrole nitrogens is 1. The number of nitrogens with zero attached hydrogens (tertiary/aromatic N) is 3. The maximum absolute atomic E-state index is 8.36. The summed E-state index contributed by atoms with van der Waals surface area (Å²) in [6, 6.07) is 19.2. The first kappa shape index (κ1) is 27.5. The number of rotatable bonds is 8. The zero-order chi connectivity index (χ0) is 26.2. The SMILES string of the molecule is CN(C)CCN(C)c1ccc(-c2cc3c(Nc4ccccc4P(C)C)c(Cl)cnc3[nH]2)cc1.O=CO. The van der Waals surface area contributed by atoms with Crippen molar-refractivity contribution in [3.8, 4) is 11.3 Å². The fourth-order valence-electron chi connectivity index (χ4n) is 3.81. The highest BCUT2D eigenvalue weighted by Crippen LogP contribution is 2.37. The molecule has 0 aliphatic heterocycles. The van der Waals surface area contributed by atoms with Gasteiger partial charge in [0.05, 0.1) is 16.9 Å². The highest BCUT2D eigenvalue weighted by Gasteiger charge is 2.14. The maximum Gasteiger partial charge on any atom is 0.290 e. The van der Waals surface area contributed by atoms with Crippen LogP contribution in [0.1, 0.15) is 0 Å². The van der Waals surface area contributed by atoms with E-state index in [0.717, 1.165) is 46.8 Å². The third-order valence-corrected chi connectivity index (χ3v) is 7.40. The molecular formula is C27H33ClN5O2P. The van der Waals surface area contributed by atoms with Gasteiger partial charge in [-0.15, -0.1) is 0 Å². The molecule has 0 atom stereocenters. The van der Waals surface area contributed by atoms with Gasteiger partial charge in [-0.05, 0) is 62.6 Å². The van der Waals surface area contributed by atoms with Crippen LogP contribution in [0.2, 0.25) is 5.02 Å². The Kier molecular flexibility index (Phi) is 9.71. The fourth-order valence-corrected chi connectivity index (χ4v) is 5.01. The number of likely N-dealkylation sites (N-methyl/N-ethyl adjacent to an activating group) is 2. The molecular weight excluding hydrogens is 493 g/mol. The second-order valence-corrected chi connectivity index (χ2v) is 11.5. The molecule has 7 nitrogen and oxygen atoms in total. The molecule has 190 valence electrons. The van der Waals surface area contributed by atoms with Gasteiger partial charge in [0, 0.05) is 42.6 Å². The third kappa shape index (κ3) is 6.76. The Bertz CT molecular complexity index is 1290. The van der Waals surface area contributed by atoms with E-state index >= 15 is 0 Å². The van der Waals surface area contributed by atoms with E-state index in [4.69, 9.17) is 21.5 Å². The van der Waals surface area contributed by atoms with E-state index in [-0.39, 0.29) is 14.4 Å². The van der Waals surface area contributed by atoms with E-state index in [1.807, 2.05) is 0 Å². The molecule has 4 aromatic rings. The minimum Gasteiger partial charge on any atom is -0.483 e. The van der Waals surface area contributed by atoms with Crippen LogP contribution in [-0.4, -0.2) is 74.0 Å². The lowest BCUT2D eigenvalue weighted by Crippen LogP contribution is -2.28. The number of anilines is 3. The molecule has 0 fully saturated rings. The molecule has 3 N–H and O–H groups in total. The van der Waals surface area contributed by atoms with Crippen molar-refractivity contribution in [1.82, 2.24) is 14.9 Å². The quantitative estimate of drug-likeness (QED) is 0.202. The number of hydrogen-bond acceptors (Lipinski definition) is 5. The van der Waals surface area contributed by atoms with Gasteiger partial charge in [-0.1, -0.05) is 49.9 Å². The molecule has 9 heteroatoms. The van der Waals surface area contributed by atoms with E-state index in [1.54, 1.807) is 6.20 Å². The normalized spacial score (nSPS) is 10.9. The molecule has 0 unspecified atom stereocenters. The number of para-hydroxylation sites is 1. The summed E-state index contributed by atoms with van der Waals surface area (Å²) in [7, 11) is 6.07. The first-order valence-electron chi connectivity index (χ1n) is 11.5. The van der Waals surface area contributed by atoms with Gasteiger partial charge < -0.3 is 25.2 Å². The number of fused-ring (bicyclic) bond motifs is 1. The molecule has 0 bridgehead atoms. The van der Waals surface area contributed by atoms with Gasteiger partial charge in [-0.3, -0.25) is 4.79 Å². The molecule has 0 amide bonds. The van der Waals surface area contributed by atoms with Crippen LogP contribution in [0, 0.1) is 0 Å². The standard InChI is InChI=1S/C26H31ClN5P.CH2O2/c1-31(2)14-15-32(3)19-12-10-18(11-13-19)23-16-20-25(21(27)17-28-26(20)30-23)29-22-8-6-7-9-24(22)33(4)5;2-1-3/h6-13,16-17H,14-15H2,1-5H3,(H2,28,29,30);1H,(H,2,3). The Morgan fingerprint density at radius 3 is 2.39 bits per heavy atom. The second-order valence-electron chi connectivity index (χ2n) is 8.84. The number of hydrogen-bond donors (Lipinski definition) is 3. The first-order valence-corrected chi connectivity index (χ1v) is 14.1. The van der Waals surface area contributed by atoms with Gasteiger partial charge in [0.15, 0.2) is 0 Å². The van der Waals surface area contributed by atoms with Crippen molar-refractivity contribution in [3.05, 3.63) is 65.8 Å². The fraction of sp³-hybridized carbons (Fsp3) is 0.259. The zero-order valence-corrected chi connectivity index (χ0v) is 22.9. The summed E-state index contributed by atoms with van der Waals surface area (Å²) >= 11 is 6.61. The average Bonchev–Trinajstić information content (AvgIpc) is 3.30. The number of aromatic nitrogens is 2. The van der Waals surface area contributed by atoms with Crippen LogP contribution in [-0.2, 0) is 4.79 Å². The molecule has 0 radical (unpaired) electrons. The van der Waals surface area contributed by atoms with Crippen molar-refractivity contribution in [3.63, 3.8) is 0 Å². The number of aromatic amines is 1. The predicted molar refractivity (Wildman–Crippen MR) is 155 cm³/mol. The summed E-state index contributed by atoms with van der Waals surface area (Å²) in [4.78, 5) is 20.8. The molecule has 2 heterocycles. The van der Waals surface area contributed by atoms with E-state index in [1.165, 1.54) is 11.0 Å². The topological polar surface area (TPSA) is 84.5 Å². The molecule has 36 heavy (non-hydrogen) atoms. The number of carbonyl (C=O) groups is 1. The Hall–Kier alpha value is -3.12. The van der Waals surface area contributed by atoms with E-state index in [0.29, 0.717) is 5.02 Å². The lowest BCUT2D eigenvalue weighted by atomic mass is 10.1. The van der Waals surface area contributed by atoms with Crippen molar-refractivity contribution in [2.24, 2.45) is 0 Å². The molecule has 0 spiro atoms. The summed E-state index contributed by atoms with van der Waals surface area (Å²) in [6.45, 7) is 6.27. The van der Waals surface area contributed by atoms with Gasteiger partial charge >= 0.3 is 0 Å². The van der Waals surface area contributed by atoms with Gasteiger partial charge in [-0.25, -0.2) is 4.98 Å². The summed E-state index contributed by atoms with van der Waals surface area (Å²) in [5, 5.41) is 13.4. The summed E-state index contributed by atoms with van der Waals surface area (Å²) in [6.07, 6.45) is 1.71. The number of halogens is 1. The highest BCUT2D eigenvalue weighted by molar-refractivity contribution is 7.64. The minimum atomic E-state index is -0.250. The Labute approximate surface area is 218 Å². The van der Waals surface area contributed by atoms with Crippen LogP contribution in [0.4, 0.5) is 17.1 Å². The lowest BCUT2D eigenvalue weighted by Gasteiger charge is -2.21. The van der Waals surface area contributed by atoms with E-state index in [9.17, 15) is 0 Å². The van der Waals surface area contributed by atoms with Crippen molar-refractivity contribution in [1.29, 1.82) is 0 Å². The van der Waals surface area contributed by atoms with Crippen molar-refractivity contribution in [2.45, 2.75) is 0 Å².